The topological polar surface area (TPSA) is 75.1 Å². The fourth-order valence-electron chi connectivity index (χ4n) is 4.80. The van der Waals surface area contributed by atoms with Crippen LogP contribution in [0.2, 0.25) is 5.02 Å². The molecule has 2 atom stereocenters. The summed E-state index contributed by atoms with van der Waals surface area (Å²) >= 11 is 5.94. The monoisotopic (exact) mass is 473 g/mol. The number of halogens is 1. The summed E-state index contributed by atoms with van der Waals surface area (Å²) in [5.41, 5.74) is 1.11. The van der Waals surface area contributed by atoms with Gasteiger partial charge in [0.05, 0.1) is 31.8 Å². The third-order valence-electron chi connectivity index (χ3n) is 7.05. The smallest absolute Gasteiger partial charge is 0.224 e. The van der Waals surface area contributed by atoms with Gasteiger partial charge in [0.25, 0.3) is 0 Å². The molecule has 1 aromatic carbocycles. The molecule has 2 unspecified atom stereocenters. The molecule has 2 fully saturated rings. The number of hydrogen-bond acceptors (Lipinski definition) is 6. The number of ether oxygens (including phenoxy) is 2. The molecule has 0 bridgehead atoms. The molecule has 0 saturated carbocycles. The van der Waals surface area contributed by atoms with Gasteiger partial charge in [0.1, 0.15) is 11.9 Å². The average molecular weight is 474 g/mol. The molecule has 1 N–H and O–H groups in total. The number of aromatic nitrogens is 1. The highest BCUT2D eigenvalue weighted by atomic mass is 35.5. The molecule has 178 valence electrons. The van der Waals surface area contributed by atoms with Crippen LogP contribution in [0.3, 0.4) is 0 Å². The highest BCUT2D eigenvalue weighted by molar-refractivity contribution is 6.30. The number of hydrogen-bond donors (Lipinski definition) is 1. The maximum atomic E-state index is 12.5. The lowest BCUT2D eigenvalue weighted by Gasteiger charge is -2.40. The van der Waals surface area contributed by atoms with Crippen LogP contribution in [0.1, 0.15) is 38.2 Å². The summed E-state index contributed by atoms with van der Waals surface area (Å²) in [5.74, 6) is 2.51. The van der Waals surface area contributed by atoms with Crippen molar-refractivity contribution in [2.45, 2.75) is 38.7 Å². The first-order valence-corrected chi connectivity index (χ1v) is 11.8. The van der Waals surface area contributed by atoms with Crippen molar-refractivity contribution in [3.63, 3.8) is 0 Å². The summed E-state index contributed by atoms with van der Waals surface area (Å²) in [7, 11) is 1.65. The Hall–Kier alpha value is -2.51. The number of aliphatic hydroxyl groups is 1. The molecule has 1 amide bonds. The number of likely N-dealkylation sites (tertiary alicyclic amines) is 1. The summed E-state index contributed by atoms with van der Waals surface area (Å²) in [6.45, 7) is 7.10. The summed E-state index contributed by atoms with van der Waals surface area (Å²) < 4.78 is 11.9. The van der Waals surface area contributed by atoms with Crippen molar-refractivity contribution in [2.75, 3.05) is 44.8 Å². The Bertz CT molecular complexity index is 980. The van der Waals surface area contributed by atoms with Gasteiger partial charge >= 0.3 is 0 Å². The van der Waals surface area contributed by atoms with Crippen LogP contribution in [-0.4, -0.2) is 66.9 Å². The Kier molecular flexibility index (Phi) is 7.00. The number of carbonyl (C=O) groups is 1. The van der Waals surface area contributed by atoms with Crippen LogP contribution in [0.15, 0.2) is 36.5 Å². The van der Waals surface area contributed by atoms with Crippen molar-refractivity contribution >= 4 is 23.3 Å². The maximum absolute atomic E-state index is 12.5. The van der Waals surface area contributed by atoms with Crippen molar-refractivity contribution in [1.82, 2.24) is 9.88 Å². The van der Waals surface area contributed by atoms with Crippen molar-refractivity contribution in [3.8, 4) is 11.5 Å². The second-order valence-corrected chi connectivity index (χ2v) is 9.63. The minimum Gasteiger partial charge on any atom is -0.493 e. The summed E-state index contributed by atoms with van der Waals surface area (Å²) in [4.78, 5) is 20.9. The van der Waals surface area contributed by atoms with Crippen LogP contribution in [0.25, 0.3) is 0 Å². The van der Waals surface area contributed by atoms with E-state index < -0.39 is 0 Å². The standard InChI is InChI=1S/C25H32ClN3O4/c1-4-25(2)16-29(24(31)9-10-30)15-20(25)17-5-7-21(32-3)22(11-17)33-19-13-28(14-19)23-8-6-18(26)12-27-23/h5-8,11-12,19-20,30H,4,9-10,13-16H2,1-3H3. The molecule has 4 rings (SSSR count). The normalized spacial score (nSPS) is 22.9. The van der Waals surface area contributed by atoms with Crippen LogP contribution in [0.5, 0.6) is 11.5 Å². The van der Waals surface area contributed by atoms with Gasteiger partial charge in [-0.1, -0.05) is 31.5 Å². The quantitative estimate of drug-likeness (QED) is 0.629. The van der Waals surface area contributed by atoms with E-state index in [1.807, 2.05) is 23.1 Å². The average Bonchev–Trinajstić information content (AvgIpc) is 3.15. The third-order valence-corrected chi connectivity index (χ3v) is 7.27. The largest absolute Gasteiger partial charge is 0.493 e. The molecule has 0 radical (unpaired) electrons. The third kappa shape index (κ3) is 4.89. The summed E-state index contributed by atoms with van der Waals surface area (Å²) in [6, 6.07) is 9.85. The van der Waals surface area contributed by atoms with E-state index >= 15 is 0 Å². The van der Waals surface area contributed by atoms with E-state index in [0.717, 1.165) is 36.6 Å². The molecule has 7 nitrogen and oxygen atoms in total. The van der Waals surface area contributed by atoms with Gasteiger partial charge in [0, 0.05) is 31.6 Å². The first-order chi connectivity index (χ1) is 15.9. The zero-order chi connectivity index (χ0) is 23.6. The minimum atomic E-state index is -0.118. The van der Waals surface area contributed by atoms with Crippen molar-refractivity contribution in [3.05, 3.63) is 47.1 Å². The van der Waals surface area contributed by atoms with E-state index in [1.54, 1.807) is 13.3 Å². The number of rotatable bonds is 8. The van der Waals surface area contributed by atoms with Crippen LogP contribution in [-0.2, 0) is 4.79 Å². The molecule has 2 aromatic rings. The molecule has 2 saturated heterocycles. The van der Waals surface area contributed by atoms with Crippen LogP contribution >= 0.6 is 11.6 Å². The molecular formula is C25H32ClN3O4. The van der Waals surface area contributed by atoms with E-state index in [0.29, 0.717) is 23.9 Å². The number of amides is 1. The van der Waals surface area contributed by atoms with Gasteiger partial charge in [0.2, 0.25) is 5.91 Å². The van der Waals surface area contributed by atoms with Crippen LogP contribution in [0, 0.1) is 5.41 Å². The highest BCUT2D eigenvalue weighted by Crippen LogP contribution is 2.47. The van der Waals surface area contributed by atoms with E-state index in [1.165, 1.54) is 0 Å². The van der Waals surface area contributed by atoms with E-state index in [2.05, 4.69) is 35.9 Å². The molecule has 1 aromatic heterocycles. The Balaban J connectivity index is 1.48. The van der Waals surface area contributed by atoms with Crippen molar-refractivity contribution in [1.29, 1.82) is 0 Å². The number of anilines is 1. The van der Waals surface area contributed by atoms with Gasteiger partial charge < -0.3 is 24.4 Å². The molecule has 8 heteroatoms. The fraction of sp³-hybridized carbons (Fsp3) is 0.520. The zero-order valence-corrected chi connectivity index (χ0v) is 20.2. The lowest BCUT2D eigenvalue weighted by molar-refractivity contribution is -0.131. The summed E-state index contributed by atoms with van der Waals surface area (Å²) in [6.07, 6.45) is 2.81. The predicted molar refractivity (Wildman–Crippen MR) is 128 cm³/mol. The second kappa shape index (κ2) is 9.77. The van der Waals surface area contributed by atoms with E-state index in [-0.39, 0.29) is 36.4 Å². The Morgan fingerprint density at radius 1 is 1.24 bits per heavy atom. The summed E-state index contributed by atoms with van der Waals surface area (Å²) in [5, 5.41) is 9.81. The molecule has 2 aliphatic heterocycles. The van der Waals surface area contributed by atoms with Gasteiger partial charge in [0.15, 0.2) is 11.5 Å². The minimum absolute atomic E-state index is 0.00929. The van der Waals surface area contributed by atoms with Crippen LogP contribution < -0.4 is 14.4 Å². The van der Waals surface area contributed by atoms with Crippen molar-refractivity contribution in [2.24, 2.45) is 5.41 Å². The molecule has 3 heterocycles. The van der Waals surface area contributed by atoms with Gasteiger partial charge in [-0.25, -0.2) is 4.98 Å². The second-order valence-electron chi connectivity index (χ2n) is 9.20. The lowest BCUT2D eigenvalue weighted by atomic mass is 9.74. The number of aliphatic hydroxyl groups excluding tert-OH is 1. The maximum Gasteiger partial charge on any atom is 0.224 e. The number of methoxy groups -OCH3 is 1. The fourth-order valence-corrected chi connectivity index (χ4v) is 4.91. The molecular weight excluding hydrogens is 442 g/mol. The van der Waals surface area contributed by atoms with Gasteiger partial charge in [-0.15, -0.1) is 0 Å². The Morgan fingerprint density at radius 3 is 2.67 bits per heavy atom. The SMILES string of the molecule is CCC1(C)CN(C(=O)CCO)CC1c1ccc(OC)c(OC2CN(c3ccc(Cl)cn3)C2)c1. The van der Waals surface area contributed by atoms with Gasteiger partial charge in [-0.05, 0) is 41.7 Å². The zero-order valence-electron chi connectivity index (χ0n) is 19.5. The predicted octanol–water partition coefficient (Wildman–Crippen LogP) is 3.74. The van der Waals surface area contributed by atoms with E-state index in [4.69, 9.17) is 21.1 Å². The number of pyridine rings is 1. The first kappa shape index (κ1) is 23.6. The number of benzene rings is 1. The van der Waals surface area contributed by atoms with Crippen molar-refractivity contribution < 1.29 is 19.4 Å². The number of nitrogens with zero attached hydrogens (tertiary/aromatic N) is 3. The Labute approximate surface area is 200 Å². The molecule has 0 aliphatic carbocycles. The number of carbonyl (C=O) groups excluding carboxylic acids is 1. The van der Waals surface area contributed by atoms with Crippen LogP contribution in [0.4, 0.5) is 5.82 Å². The lowest BCUT2D eigenvalue weighted by Crippen LogP contribution is -2.54. The molecule has 33 heavy (non-hydrogen) atoms. The van der Waals surface area contributed by atoms with E-state index in [9.17, 15) is 9.90 Å². The molecule has 0 spiro atoms. The van der Waals surface area contributed by atoms with Gasteiger partial charge in [-0.2, -0.15) is 0 Å². The highest BCUT2D eigenvalue weighted by Gasteiger charge is 2.44. The molecule has 2 aliphatic rings. The van der Waals surface area contributed by atoms with Gasteiger partial charge in [-0.3, -0.25) is 4.79 Å². The Morgan fingerprint density at radius 2 is 2.03 bits per heavy atom. The first-order valence-electron chi connectivity index (χ1n) is 11.5.